The molecule has 152 valence electrons. The van der Waals surface area contributed by atoms with Gasteiger partial charge in [0.25, 0.3) is 5.91 Å². The number of fused-ring (bicyclic) bond motifs is 1. The van der Waals surface area contributed by atoms with Gasteiger partial charge in [0.1, 0.15) is 0 Å². The second kappa shape index (κ2) is 8.25. The number of ether oxygens (including phenoxy) is 2. The molecule has 0 atom stereocenters. The van der Waals surface area contributed by atoms with Gasteiger partial charge in [-0.05, 0) is 23.1 Å². The highest BCUT2D eigenvalue weighted by molar-refractivity contribution is 7.16. The van der Waals surface area contributed by atoms with Crippen LogP contribution >= 0.6 is 11.3 Å². The number of rotatable bonds is 5. The van der Waals surface area contributed by atoms with Crippen molar-refractivity contribution in [1.29, 1.82) is 0 Å². The molecule has 0 spiro atoms. The van der Waals surface area contributed by atoms with Gasteiger partial charge in [0, 0.05) is 24.2 Å². The topological polar surface area (TPSA) is 52.8 Å². The lowest BCUT2D eigenvalue weighted by molar-refractivity contribution is 0.0998. The lowest BCUT2D eigenvalue weighted by Gasteiger charge is -2.18. The van der Waals surface area contributed by atoms with E-state index in [0.29, 0.717) is 28.4 Å². The molecule has 0 bridgehead atoms. The first-order chi connectivity index (χ1) is 13.8. The van der Waals surface area contributed by atoms with Crippen molar-refractivity contribution in [2.24, 2.45) is 4.99 Å². The second-order valence-electron chi connectivity index (χ2n) is 7.70. The minimum absolute atomic E-state index is 0.0370. The van der Waals surface area contributed by atoms with Crippen molar-refractivity contribution in [2.75, 3.05) is 14.2 Å². The summed E-state index contributed by atoms with van der Waals surface area (Å²) in [4.78, 5) is 17.8. The van der Waals surface area contributed by atoms with E-state index in [9.17, 15) is 4.79 Å². The number of amides is 1. The van der Waals surface area contributed by atoms with Gasteiger partial charge in [-0.3, -0.25) is 4.79 Å². The second-order valence-corrected chi connectivity index (χ2v) is 8.71. The summed E-state index contributed by atoms with van der Waals surface area (Å²) in [6, 6.07) is 11.4. The van der Waals surface area contributed by atoms with Crippen molar-refractivity contribution in [3.63, 3.8) is 0 Å². The number of benzene rings is 2. The van der Waals surface area contributed by atoms with Gasteiger partial charge in [0.05, 0.1) is 24.4 Å². The van der Waals surface area contributed by atoms with Crippen molar-refractivity contribution in [3.8, 4) is 11.5 Å². The Morgan fingerprint density at radius 2 is 1.76 bits per heavy atom. The Labute approximate surface area is 174 Å². The molecule has 3 aromatic rings. The maximum Gasteiger partial charge on any atom is 0.279 e. The summed E-state index contributed by atoms with van der Waals surface area (Å²) in [5, 5.41) is 0. The van der Waals surface area contributed by atoms with Crippen LogP contribution in [-0.4, -0.2) is 24.7 Å². The van der Waals surface area contributed by atoms with Gasteiger partial charge in [-0.15, -0.1) is 6.58 Å². The molecule has 1 heterocycles. The van der Waals surface area contributed by atoms with E-state index in [0.717, 1.165) is 10.2 Å². The minimum atomic E-state index is -0.270. The van der Waals surface area contributed by atoms with Crippen LogP contribution in [0.5, 0.6) is 11.5 Å². The van der Waals surface area contributed by atoms with Crippen molar-refractivity contribution >= 4 is 27.5 Å². The number of hydrogen-bond donors (Lipinski definition) is 0. The lowest BCUT2D eigenvalue weighted by Crippen LogP contribution is -2.16. The molecule has 2 aromatic carbocycles. The van der Waals surface area contributed by atoms with E-state index >= 15 is 0 Å². The van der Waals surface area contributed by atoms with Gasteiger partial charge < -0.3 is 14.0 Å². The number of hydrogen-bond acceptors (Lipinski definition) is 4. The van der Waals surface area contributed by atoms with E-state index in [1.807, 2.05) is 41.0 Å². The number of nitrogens with zero attached hydrogens (tertiary/aromatic N) is 2. The largest absolute Gasteiger partial charge is 0.493 e. The Kier molecular flexibility index (Phi) is 5.94. The molecule has 3 rings (SSSR count). The molecule has 0 aliphatic rings. The van der Waals surface area contributed by atoms with Crippen LogP contribution in [0.1, 0.15) is 36.7 Å². The maximum absolute atomic E-state index is 12.8. The average Bonchev–Trinajstić information content (AvgIpc) is 3.02. The van der Waals surface area contributed by atoms with Gasteiger partial charge >= 0.3 is 0 Å². The SMILES string of the molecule is C=CCn1c(=NC(=O)c2ccc(C(C)(C)C)cc2)sc2cc(OC)c(OC)cc21. The van der Waals surface area contributed by atoms with Crippen LogP contribution in [0, 0.1) is 0 Å². The van der Waals surface area contributed by atoms with Gasteiger partial charge in [-0.1, -0.05) is 50.3 Å². The van der Waals surface area contributed by atoms with Gasteiger partial charge in [-0.2, -0.15) is 4.99 Å². The molecular weight excluding hydrogens is 384 g/mol. The molecule has 0 unspecified atom stereocenters. The average molecular weight is 411 g/mol. The van der Waals surface area contributed by atoms with Gasteiger partial charge in [0.15, 0.2) is 16.3 Å². The zero-order valence-electron chi connectivity index (χ0n) is 17.5. The summed E-state index contributed by atoms with van der Waals surface area (Å²) < 4.78 is 13.7. The van der Waals surface area contributed by atoms with Gasteiger partial charge in [-0.25, -0.2) is 0 Å². The molecule has 0 N–H and O–H groups in total. The fraction of sp³-hybridized carbons (Fsp3) is 0.304. The molecule has 0 radical (unpaired) electrons. The Hall–Kier alpha value is -2.86. The fourth-order valence-electron chi connectivity index (χ4n) is 3.05. The van der Waals surface area contributed by atoms with Crippen molar-refractivity contribution < 1.29 is 14.3 Å². The third kappa shape index (κ3) is 4.27. The van der Waals surface area contributed by atoms with Crippen molar-refractivity contribution in [2.45, 2.75) is 32.7 Å². The molecule has 0 saturated carbocycles. The predicted molar refractivity (Wildman–Crippen MR) is 118 cm³/mol. The smallest absolute Gasteiger partial charge is 0.279 e. The van der Waals surface area contributed by atoms with E-state index in [1.54, 1.807) is 20.3 Å². The van der Waals surface area contributed by atoms with E-state index in [1.165, 1.54) is 16.9 Å². The number of thiazole rings is 1. The standard InChI is InChI=1S/C23H26N2O3S/c1-7-12-25-17-13-18(27-5)19(28-6)14-20(17)29-22(25)24-21(26)15-8-10-16(11-9-15)23(2,3)4/h7-11,13-14H,1,12H2,2-6H3. The zero-order chi connectivity index (χ0) is 21.2. The Balaban J connectivity index is 2.09. The third-order valence-electron chi connectivity index (χ3n) is 4.69. The molecule has 0 fully saturated rings. The predicted octanol–water partition coefficient (Wildman–Crippen LogP) is 4.94. The van der Waals surface area contributed by atoms with Crippen LogP contribution in [0.15, 0.2) is 54.0 Å². The highest BCUT2D eigenvalue weighted by Crippen LogP contribution is 2.33. The Morgan fingerprint density at radius 3 is 2.31 bits per heavy atom. The quantitative estimate of drug-likeness (QED) is 0.560. The summed E-state index contributed by atoms with van der Waals surface area (Å²) in [5.74, 6) is 1.00. The van der Waals surface area contributed by atoms with Crippen molar-refractivity contribution in [3.05, 3.63) is 65.0 Å². The first-order valence-electron chi connectivity index (χ1n) is 9.34. The number of allylic oxidation sites excluding steroid dienone is 1. The third-order valence-corrected chi connectivity index (χ3v) is 5.74. The van der Waals surface area contributed by atoms with E-state index in [4.69, 9.17) is 9.47 Å². The van der Waals surface area contributed by atoms with E-state index in [2.05, 4.69) is 32.3 Å². The molecule has 6 heteroatoms. The number of carbonyl (C=O) groups excluding carboxylic acids is 1. The summed E-state index contributed by atoms with van der Waals surface area (Å²) in [5.41, 5.74) is 2.70. The minimum Gasteiger partial charge on any atom is -0.493 e. The molecule has 1 amide bonds. The highest BCUT2D eigenvalue weighted by atomic mass is 32.1. The monoisotopic (exact) mass is 410 g/mol. The Bertz CT molecular complexity index is 1120. The van der Waals surface area contributed by atoms with Crippen LogP contribution < -0.4 is 14.3 Å². The summed E-state index contributed by atoms with van der Waals surface area (Å²) in [6.45, 7) is 10.8. The van der Waals surface area contributed by atoms with Crippen LogP contribution in [0.2, 0.25) is 0 Å². The molecule has 29 heavy (non-hydrogen) atoms. The van der Waals surface area contributed by atoms with Crippen LogP contribution in [0.25, 0.3) is 10.2 Å². The number of carbonyl (C=O) groups is 1. The molecule has 0 aliphatic heterocycles. The molecule has 0 aliphatic carbocycles. The van der Waals surface area contributed by atoms with Gasteiger partial charge in [0.2, 0.25) is 0 Å². The normalized spacial score (nSPS) is 12.2. The fourth-order valence-corrected chi connectivity index (χ4v) is 4.10. The highest BCUT2D eigenvalue weighted by Gasteiger charge is 2.15. The lowest BCUT2D eigenvalue weighted by atomic mass is 9.87. The summed E-state index contributed by atoms with van der Waals surface area (Å²) in [6.07, 6.45) is 1.78. The molecule has 1 aromatic heterocycles. The van der Waals surface area contributed by atoms with Crippen molar-refractivity contribution in [1.82, 2.24) is 4.57 Å². The number of methoxy groups -OCH3 is 2. The van der Waals surface area contributed by atoms with E-state index < -0.39 is 0 Å². The molecule has 5 nitrogen and oxygen atoms in total. The van der Waals surface area contributed by atoms with Crippen LogP contribution in [0.4, 0.5) is 0 Å². The summed E-state index contributed by atoms with van der Waals surface area (Å²) >= 11 is 1.44. The van der Waals surface area contributed by atoms with E-state index in [-0.39, 0.29) is 11.3 Å². The number of aromatic nitrogens is 1. The van der Waals surface area contributed by atoms with Crippen LogP contribution in [-0.2, 0) is 12.0 Å². The van der Waals surface area contributed by atoms with Crippen LogP contribution in [0.3, 0.4) is 0 Å². The Morgan fingerprint density at radius 1 is 1.14 bits per heavy atom. The first kappa shape index (κ1) is 20.9. The molecular formula is C23H26N2O3S. The zero-order valence-corrected chi connectivity index (χ0v) is 18.3. The first-order valence-corrected chi connectivity index (χ1v) is 10.2. The maximum atomic E-state index is 12.8. The molecule has 0 saturated heterocycles. The summed E-state index contributed by atoms with van der Waals surface area (Å²) in [7, 11) is 3.20.